The summed E-state index contributed by atoms with van der Waals surface area (Å²) in [5.41, 5.74) is 1.51. The quantitative estimate of drug-likeness (QED) is 0.779. The molecule has 0 unspecified atom stereocenters. The van der Waals surface area contributed by atoms with E-state index in [1.807, 2.05) is 12.1 Å². The normalized spacial score (nSPS) is 11.1. The maximum Gasteiger partial charge on any atom is 0.180 e. The van der Waals surface area contributed by atoms with Crippen LogP contribution in [0.2, 0.25) is 0 Å². The van der Waals surface area contributed by atoms with Gasteiger partial charge in [-0.2, -0.15) is 0 Å². The summed E-state index contributed by atoms with van der Waals surface area (Å²) in [4.78, 5) is 15.3. The highest BCUT2D eigenvalue weighted by molar-refractivity contribution is 6.17. The monoisotopic (exact) mass is 264 g/mol. The lowest BCUT2D eigenvalue weighted by Gasteiger charge is -2.27. The average molecular weight is 265 g/mol. The summed E-state index contributed by atoms with van der Waals surface area (Å²) in [6.07, 6.45) is 4.29. The van der Waals surface area contributed by atoms with E-state index >= 15 is 0 Å². The Morgan fingerprint density at radius 2 is 2.00 bits per heavy atom. The van der Waals surface area contributed by atoms with Crippen molar-refractivity contribution in [1.29, 1.82) is 0 Å². The van der Waals surface area contributed by atoms with E-state index in [9.17, 15) is 0 Å². The fourth-order valence-corrected chi connectivity index (χ4v) is 1.99. The van der Waals surface area contributed by atoms with Crippen molar-refractivity contribution in [2.75, 3.05) is 17.3 Å². The van der Waals surface area contributed by atoms with Crippen LogP contribution in [0.25, 0.3) is 11.2 Å². The zero-order valence-corrected chi connectivity index (χ0v) is 11.4. The molecule has 0 amide bonds. The van der Waals surface area contributed by atoms with E-state index in [1.54, 1.807) is 12.4 Å². The lowest BCUT2D eigenvalue weighted by molar-refractivity contribution is 0.664. The summed E-state index contributed by atoms with van der Waals surface area (Å²) in [5.74, 6) is 1.60. The molecule has 0 saturated heterocycles. The first kappa shape index (κ1) is 13.0. The Morgan fingerprint density at radius 1 is 1.22 bits per heavy atom. The number of aromatic nitrogens is 3. The van der Waals surface area contributed by atoms with Crippen LogP contribution in [0.4, 0.5) is 5.82 Å². The number of rotatable bonds is 5. The second-order valence-corrected chi connectivity index (χ2v) is 4.78. The van der Waals surface area contributed by atoms with Gasteiger partial charge in [0.1, 0.15) is 11.3 Å². The van der Waals surface area contributed by atoms with E-state index in [4.69, 9.17) is 11.6 Å². The van der Waals surface area contributed by atoms with E-state index in [0.717, 1.165) is 24.3 Å². The highest BCUT2D eigenvalue weighted by atomic mass is 35.5. The van der Waals surface area contributed by atoms with Gasteiger partial charge in [-0.15, -0.1) is 11.6 Å². The minimum Gasteiger partial charge on any atom is -0.354 e. The van der Waals surface area contributed by atoms with Crippen LogP contribution < -0.4 is 4.90 Å². The van der Waals surface area contributed by atoms with Crippen molar-refractivity contribution in [2.24, 2.45) is 0 Å². The lowest BCUT2D eigenvalue weighted by atomic mass is 10.2. The van der Waals surface area contributed by atoms with Gasteiger partial charge in [0, 0.05) is 30.9 Å². The highest BCUT2D eigenvalue weighted by Crippen LogP contribution is 2.17. The summed E-state index contributed by atoms with van der Waals surface area (Å²) in [6.45, 7) is 5.20. The van der Waals surface area contributed by atoms with Crippen molar-refractivity contribution < 1.29 is 0 Å². The zero-order valence-electron chi connectivity index (χ0n) is 10.7. The third-order valence-corrected chi connectivity index (χ3v) is 3.03. The third kappa shape index (κ3) is 2.88. The van der Waals surface area contributed by atoms with Gasteiger partial charge >= 0.3 is 0 Å². The van der Waals surface area contributed by atoms with E-state index in [0.29, 0.717) is 17.6 Å². The zero-order chi connectivity index (χ0) is 13.0. The van der Waals surface area contributed by atoms with Gasteiger partial charge in [-0.1, -0.05) is 0 Å². The number of alkyl halides is 1. The molecule has 0 saturated carbocycles. The van der Waals surface area contributed by atoms with Crippen LogP contribution in [-0.2, 0) is 0 Å². The molecular formula is C13H17ClN4. The highest BCUT2D eigenvalue weighted by Gasteiger charge is 2.12. The maximum atomic E-state index is 5.76. The molecule has 5 heteroatoms. The Hall–Kier alpha value is -1.42. The third-order valence-electron chi connectivity index (χ3n) is 2.77. The van der Waals surface area contributed by atoms with Crippen molar-refractivity contribution in [3.8, 4) is 0 Å². The van der Waals surface area contributed by atoms with Crippen LogP contribution in [0.3, 0.4) is 0 Å². The van der Waals surface area contributed by atoms with Gasteiger partial charge in [0.25, 0.3) is 0 Å². The molecule has 0 atom stereocenters. The number of hydrogen-bond donors (Lipinski definition) is 0. The summed E-state index contributed by atoms with van der Waals surface area (Å²) in [6, 6.07) is 4.33. The SMILES string of the molecule is CC(C)N(CCCCl)c1ccc2nccnc2n1. The van der Waals surface area contributed by atoms with Crippen molar-refractivity contribution in [1.82, 2.24) is 15.0 Å². The van der Waals surface area contributed by atoms with E-state index in [-0.39, 0.29) is 0 Å². The van der Waals surface area contributed by atoms with Crippen molar-refractivity contribution in [3.63, 3.8) is 0 Å². The molecule has 2 aromatic rings. The molecule has 0 radical (unpaired) electrons. The number of hydrogen-bond acceptors (Lipinski definition) is 4. The second-order valence-electron chi connectivity index (χ2n) is 4.40. The topological polar surface area (TPSA) is 41.9 Å². The van der Waals surface area contributed by atoms with Crippen LogP contribution in [0.1, 0.15) is 20.3 Å². The summed E-state index contributed by atoms with van der Waals surface area (Å²) in [7, 11) is 0. The first-order valence-corrected chi connectivity index (χ1v) is 6.66. The Labute approximate surface area is 112 Å². The number of anilines is 1. The number of nitrogens with zero attached hydrogens (tertiary/aromatic N) is 4. The largest absolute Gasteiger partial charge is 0.354 e. The smallest absolute Gasteiger partial charge is 0.180 e. The summed E-state index contributed by atoms with van der Waals surface area (Å²) < 4.78 is 0. The molecule has 0 spiro atoms. The molecule has 0 aliphatic rings. The predicted octanol–water partition coefficient (Wildman–Crippen LogP) is 2.87. The molecule has 0 fully saturated rings. The van der Waals surface area contributed by atoms with Crippen LogP contribution in [0.5, 0.6) is 0 Å². The Bertz CT molecular complexity index is 515. The minimum absolute atomic E-state index is 0.384. The first-order valence-electron chi connectivity index (χ1n) is 6.12. The average Bonchev–Trinajstić information content (AvgIpc) is 2.38. The molecule has 0 aliphatic heterocycles. The predicted molar refractivity (Wildman–Crippen MR) is 75.2 cm³/mol. The van der Waals surface area contributed by atoms with Gasteiger partial charge in [0.15, 0.2) is 5.65 Å². The fraction of sp³-hybridized carbons (Fsp3) is 0.462. The number of pyridine rings is 1. The van der Waals surface area contributed by atoms with Crippen LogP contribution in [0.15, 0.2) is 24.5 Å². The van der Waals surface area contributed by atoms with Gasteiger partial charge in [0.05, 0.1) is 0 Å². The van der Waals surface area contributed by atoms with Gasteiger partial charge in [-0.25, -0.2) is 9.97 Å². The second kappa shape index (κ2) is 5.96. The van der Waals surface area contributed by atoms with Crippen LogP contribution in [0, 0.1) is 0 Å². The van der Waals surface area contributed by atoms with Gasteiger partial charge in [0.2, 0.25) is 0 Å². The van der Waals surface area contributed by atoms with Crippen LogP contribution in [-0.4, -0.2) is 33.4 Å². The molecule has 0 aliphatic carbocycles. The maximum absolute atomic E-state index is 5.76. The number of halogens is 1. The molecule has 2 aromatic heterocycles. The molecule has 2 rings (SSSR count). The van der Waals surface area contributed by atoms with Crippen molar-refractivity contribution in [3.05, 3.63) is 24.5 Å². The molecule has 0 aromatic carbocycles. The standard InChI is InChI=1S/C13H17ClN4/c1-10(2)18(9-3-6-14)12-5-4-11-13(17-12)16-8-7-15-11/h4-5,7-8,10H,3,6,9H2,1-2H3. The molecule has 96 valence electrons. The molecule has 0 bridgehead atoms. The lowest BCUT2D eigenvalue weighted by Crippen LogP contribution is -2.32. The van der Waals surface area contributed by atoms with Crippen LogP contribution >= 0.6 is 11.6 Å². The molecular weight excluding hydrogens is 248 g/mol. The minimum atomic E-state index is 0.384. The van der Waals surface area contributed by atoms with E-state index < -0.39 is 0 Å². The molecule has 18 heavy (non-hydrogen) atoms. The van der Waals surface area contributed by atoms with Gasteiger partial charge in [-0.05, 0) is 32.4 Å². The summed E-state index contributed by atoms with van der Waals surface area (Å²) >= 11 is 5.76. The molecule has 4 nitrogen and oxygen atoms in total. The molecule has 0 N–H and O–H groups in total. The fourth-order valence-electron chi connectivity index (χ4n) is 1.87. The van der Waals surface area contributed by atoms with Gasteiger partial charge < -0.3 is 4.90 Å². The first-order chi connectivity index (χ1) is 8.72. The van der Waals surface area contributed by atoms with Crippen molar-refractivity contribution >= 4 is 28.6 Å². The Balaban J connectivity index is 2.32. The van der Waals surface area contributed by atoms with E-state index in [2.05, 4.69) is 33.7 Å². The molecule has 2 heterocycles. The Morgan fingerprint density at radius 3 is 2.72 bits per heavy atom. The Kier molecular flexibility index (Phi) is 4.31. The van der Waals surface area contributed by atoms with E-state index in [1.165, 1.54) is 0 Å². The number of fused-ring (bicyclic) bond motifs is 1. The van der Waals surface area contributed by atoms with Gasteiger partial charge in [-0.3, -0.25) is 4.98 Å². The van der Waals surface area contributed by atoms with Crippen molar-refractivity contribution in [2.45, 2.75) is 26.3 Å². The summed E-state index contributed by atoms with van der Waals surface area (Å²) in [5, 5.41) is 0.